The standard InChI is InChI=1S/C18H31F3N4/c1-13(2)16-15(17(3,4)5)14(22-23(16)6)11-24-7-9-25(10-8-24)12-18(19,20)21/h13H,7-12H2,1-6H3. The Morgan fingerprint density at radius 3 is 1.96 bits per heavy atom. The fourth-order valence-corrected chi connectivity index (χ4v) is 3.76. The van der Waals surface area contributed by atoms with Gasteiger partial charge in [-0.3, -0.25) is 14.5 Å². The lowest BCUT2D eigenvalue weighted by molar-refractivity contribution is -0.149. The highest BCUT2D eigenvalue weighted by atomic mass is 19.4. The summed E-state index contributed by atoms with van der Waals surface area (Å²) in [6.07, 6.45) is -4.12. The van der Waals surface area contributed by atoms with E-state index in [9.17, 15) is 13.2 Å². The summed E-state index contributed by atoms with van der Waals surface area (Å²) in [7, 11) is 1.98. The van der Waals surface area contributed by atoms with Crippen molar-refractivity contribution in [2.45, 2.75) is 58.7 Å². The molecule has 0 aromatic carbocycles. The van der Waals surface area contributed by atoms with Crippen molar-refractivity contribution in [1.82, 2.24) is 19.6 Å². The number of rotatable bonds is 4. The van der Waals surface area contributed by atoms with Crippen LogP contribution >= 0.6 is 0 Å². The van der Waals surface area contributed by atoms with Crippen LogP contribution in [0.15, 0.2) is 0 Å². The van der Waals surface area contributed by atoms with Gasteiger partial charge in [-0.05, 0) is 11.3 Å². The van der Waals surface area contributed by atoms with E-state index in [2.05, 4.69) is 39.5 Å². The number of aryl methyl sites for hydroxylation is 1. The predicted octanol–water partition coefficient (Wildman–Crippen LogP) is 3.52. The summed E-state index contributed by atoms with van der Waals surface area (Å²) in [5.74, 6) is 0.379. The van der Waals surface area contributed by atoms with Crippen LogP contribution in [-0.2, 0) is 19.0 Å². The van der Waals surface area contributed by atoms with Crippen LogP contribution in [0.2, 0.25) is 0 Å². The third kappa shape index (κ3) is 5.20. The molecule has 0 N–H and O–H groups in total. The van der Waals surface area contributed by atoms with Crippen molar-refractivity contribution in [2.24, 2.45) is 7.05 Å². The van der Waals surface area contributed by atoms with E-state index >= 15 is 0 Å². The molecule has 0 radical (unpaired) electrons. The molecule has 1 aliphatic rings. The van der Waals surface area contributed by atoms with Crippen molar-refractivity contribution in [3.63, 3.8) is 0 Å². The summed E-state index contributed by atoms with van der Waals surface area (Å²) in [5.41, 5.74) is 3.57. The molecule has 0 atom stereocenters. The summed E-state index contributed by atoms with van der Waals surface area (Å²) >= 11 is 0. The number of nitrogens with zero attached hydrogens (tertiary/aromatic N) is 4. The molecule has 1 aromatic heterocycles. The Bertz CT molecular complexity index is 576. The SMILES string of the molecule is CC(C)c1c(C(C)(C)C)c(CN2CCN(CC(F)(F)F)CC2)nn1C. The lowest BCUT2D eigenvalue weighted by atomic mass is 9.82. The first-order valence-corrected chi connectivity index (χ1v) is 8.96. The van der Waals surface area contributed by atoms with Crippen LogP contribution in [0, 0.1) is 0 Å². The topological polar surface area (TPSA) is 24.3 Å². The summed E-state index contributed by atoms with van der Waals surface area (Å²) in [4.78, 5) is 3.70. The Hall–Kier alpha value is -1.08. The molecule has 1 aliphatic heterocycles. The zero-order valence-electron chi connectivity index (χ0n) is 16.2. The van der Waals surface area contributed by atoms with Crippen LogP contribution in [-0.4, -0.2) is 58.5 Å². The maximum Gasteiger partial charge on any atom is 0.401 e. The number of hydrogen-bond acceptors (Lipinski definition) is 3. The molecule has 25 heavy (non-hydrogen) atoms. The van der Waals surface area contributed by atoms with E-state index in [-0.39, 0.29) is 5.41 Å². The second-order valence-corrected chi connectivity index (χ2v) is 8.40. The molecule has 1 saturated heterocycles. The molecule has 0 spiro atoms. The molecule has 0 aliphatic carbocycles. The van der Waals surface area contributed by atoms with E-state index in [1.165, 1.54) is 16.2 Å². The van der Waals surface area contributed by atoms with Crippen molar-refractivity contribution in [1.29, 1.82) is 0 Å². The number of aromatic nitrogens is 2. The molecule has 2 rings (SSSR count). The number of hydrogen-bond donors (Lipinski definition) is 0. The summed E-state index contributed by atoms with van der Waals surface area (Å²) in [6, 6.07) is 0. The first-order valence-electron chi connectivity index (χ1n) is 8.96. The van der Waals surface area contributed by atoms with Crippen molar-refractivity contribution < 1.29 is 13.2 Å². The van der Waals surface area contributed by atoms with Crippen LogP contribution in [0.3, 0.4) is 0 Å². The molecule has 1 aromatic rings. The third-order valence-electron chi connectivity index (χ3n) is 4.70. The van der Waals surface area contributed by atoms with Crippen molar-refractivity contribution in [3.8, 4) is 0 Å². The number of halogens is 3. The van der Waals surface area contributed by atoms with Crippen LogP contribution < -0.4 is 0 Å². The van der Waals surface area contributed by atoms with Gasteiger partial charge in [0.2, 0.25) is 0 Å². The van der Waals surface area contributed by atoms with Crippen molar-refractivity contribution >= 4 is 0 Å². The molecule has 0 unspecified atom stereocenters. The molecule has 144 valence electrons. The monoisotopic (exact) mass is 360 g/mol. The summed E-state index contributed by atoms with van der Waals surface area (Å²) < 4.78 is 39.5. The Morgan fingerprint density at radius 2 is 1.52 bits per heavy atom. The highest BCUT2D eigenvalue weighted by Gasteiger charge is 2.33. The van der Waals surface area contributed by atoms with Crippen LogP contribution in [0.5, 0.6) is 0 Å². The second kappa shape index (κ2) is 7.27. The minimum Gasteiger partial charge on any atom is -0.295 e. The largest absolute Gasteiger partial charge is 0.401 e. The Balaban J connectivity index is 2.11. The average molecular weight is 360 g/mol. The molecular weight excluding hydrogens is 329 g/mol. The molecule has 7 heteroatoms. The van der Waals surface area contributed by atoms with E-state index in [1.54, 1.807) is 0 Å². The fourth-order valence-electron chi connectivity index (χ4n) is 3.76. The summed E-state index contributed by atoms with van der Waals surface area (Å²) in [6.45, 7) is 13.0. The van der Waals surface area contributed by atoms with E-state index < -0.39 is 12.7 Å². The van der Waals surface area contributed by atoms with E-state index in [1.807, 2.05) is 11.7 Å². The smallest absolute Gasteiger partial charge is 0.295 e. The van der Waals surface area contributed by atoms with Gasteiger partial charge in [-0.15, -0.1) is 0 Å². The highest BCUT2D eigenvalue weighted by Crippen LogP contribution is 2.33. The molecule has 0 saturated carbocycles. The Morgan fingerprint density at radius 1 is 1.00 bits per heavy atom. The average Bonchev–Trinajstić information content (AvgIpc) is 2.76. The molecular formula is C18H31F3N4. The highest BCUT2D eigenvalue weighted by molar-refractivity contribution is 5.35. The Kier molecular flexibility index (Phi) is 5.88. The summed E-state index contributed by atoms with van der Waals surface area (Å²) in [5, 5.41) is 4.75. The maximum absolute atomic E-state index is 12.5. The van der Waals surface area contributed by atoms with Gasteiger partial charge in [0.15, 0.2) is 0 Å². The van der Waals surface area contributed by atoms with Gasteiger partial charge in [-0.25, -0.2) is 0 Å². The minimum absolute atomic E-state index is 0.0126. The number of alkyl halides is 3. The minimum atomic E-state index is -4.12. The van der Waals surface area contributed by atoms with Crippen LogP contribution in [0.25, 0.3) is 0 Å². The van der Waals surface area contributed by atoms with Gasteiger partial charge in [-0.2, -0.15) is 18.3 Å². The van der Waals surface area contributed by atoms with Gasteiger partial charge < -0.3 is 0 Å². The zero-order chi connectivity index (χ0) is 19.0. The van der Waals surface area contributed by atoms with E-state index in [4.69, 9.17) is 5.10 Å². The van der Waals surface area contributed by atoms with E-state index in [0.29, 0.717) is 38.6 Å². The Labute approximate surface area is 149 Å². The quantitative estimate of drug-likeness (QED) is 0.821. The molecule has 0 amide bonds. The van der Waals surface area contributed by atoms with Crippen LogP contribution in [0.1, 0.15) is 57.5 Å². The van der Waals surface area contributed by atoms with Crippen molar-refractivity contribution in [2.75, 3.05) is 32.7 Å². The third-order valence-corrected chi connectivity index (χ3v) is 4.70. The molecule has 0 bridgehead atoms. The lowest BCUT2D eigenvalue weighted by Crippen LogP contribution is -2.48. The first kappa shape index (κ1) is 20.2. The van der Waals surface area contributed by atoms with Gasteiger partial charge >= 0.3 is 6.18 Å². The lowest BCUT2D eigenvalue weighted by Gasteiger charge is -2.35. The van der Waals surface area contributed by atoms with Gasteiger partial charge in [-0.1, -0.05) is 34.6 Å². The predicted molar refractivity (Wildman–Crippen MR) is 93.8 cm³/mol. The maximum atomic E-state index is 12.5. The van der Waals surface area contributed by atoms with E-state index in [0.717, 1.165) is 5.69 Å². The molecule has 2 heterocycles. The second-order valence-electron chi connectivity index (χ2n) is 8.40. The van der Waals surface area contributed by atoms with Crippen molar-refractivity contribution in [3.05, 3.63) is 17.0 Å². The van der Waals surface area contributed by atoms with Gasteiger partial charge in [0.25, 0.3) is 0 Å². The number of piperazine rings is 1. The molecule has 4 nitrogen and oxygen atoms in total. The van der Waals surface area contributed by atoms with Gasteiger partial charge in [0.05, 0.1) is 12.2 Å². The van der Waals surface area contributed by atoms with Gasteiger partial charge in [0, 0.05) is 51.0 Å². The first-order chi connectivity index (χ1) is 11.4. The van der Waals surface area contributed by atoms with Gasteiger partial charge in [0.1, 0.15) is 0 Å². The molecule has 1 fully saturated rings. The zero-order valence-corrected chi connectivity index (χ0v) is 16.2. The fraction of sp³-hybridized carbons (Fsp3) is 0.833. The normalized spacial score (nSPS) is 18.3. The van der Waals surface area contributed by atoms with Crippen LogP contribution in [0.4, 0.5) is 13.2 Å².